The maximum atomic E-state index is 11.0. The first-order valence-electron chi connectivity index (χ1n) is 6.11. The Kier molecular flexibility index (Phi) is 4.70. The Morgan fingerprint density at radius 3 is 2.85 bits per heavy atom. The highest BCUT2D eigenvalue weighted by Gasteiger charge is 2.18. The zero-order chi connectivity index (χ0) is 14.5. The molecule has 0 aliphatic heterocycles. The van der Waals surface area contributed by atoms with E-state index in [2.05, 4.69) is 4.98 Å². The van der Waals surface area contributed by atoms with Crippen molar-refractivity contribution in [3.8, 4) is 17.0 Å². The van der Waals surface area contributed by atoms with E-state index in [9.17, 15) is 4.79 Å². The van der Waals surface area contributed by atoms with Crippen LogP contribution in [-0.4, -0.2) is 24.6 Å². The average Bonchev–Trinajstić information content (AvgIpc) is 2.94. The Morgan fingerprint density at radius 2 is 2.20 bits per heavy atom. The van der Waals surface area contributed by atoms with Crippen LogP contribution in [0.3, 0.4) is 0 Å². The van der Waals surface area contributed by atoms with Crippen LogP contribution < -0.4 is 10.5 Å². The van der Waals surface area contributed by atoms with Gasteiger partial charge in [-0.1, -0.05) is 12.1 Å². The second kappa shape index (κ2) is 6.49. The van der Waals surface area contributed by atoms with Crippen LogP contribution in [-0.2, 0) is 9.53 Å². The number of hydrogen-bond acceptors (Lipinski definition) is 6. The van der Waals surface area contributed by atoms with Crippen molar-refractivity contribution in [2.75, 3.05) is 13.7 Å². The van der Waals surface area contributed by atoms with Gasteiger partial charge in [-0.3, -0.25) is 4.79 Å². The maximum Gasteiger partial charge on any atom is 0.303 e. The van der Waals surface area contributed by atoms with Crippen LogP contribution in [0, 0.1) is 0 Å². The van der Waals surface area contributed by atoms with Crippen molar-refractivity contribution < 1.29 is 14.3 Å². The van der Waals surface area contributed by atoms with Crippen LogP contribution >= 0.6 is 11.3 Å². The minimum Gasteiger partial charge on any atom is -0.496 e. The molecule has 0 radical (unpaired) electrons. The summed E-state index contributed by atoms with van der Waals surface area (Å²) in [4.78, 5) is 15.5. The van der Waals surface area contributed by atoms with E-state index < -0.39 is 6.10 Å². The number of methoxy groups -OCH3 is 1. The molecule has 2 rings (SSSR count). The lowest BCUT2D eigenvalue weighted by molar-refractivity contribution is -0.146. The summed E-state index contributed by atoms with van der Waals surface area (Å²) in [6.07, 6.45) is -0.499. The predicted octanol–water partition coefficient (Wildman–Crippen LogP) is 2.38. The highest BCUT2D eigenvalue weighted by Crippen LogP contribution is 2.32. The molecule has 0 unspecified atom stereocenters. The van der Waals surface area contributed by atoms with Gasteiger partial charge in [-0.2, -0.15) is 0 Å². The van der Waals surface area contributed by atoms with E-state index in [1.165, 1.54) is 18.3 Å². The fourth-order valence-electron chi connectivity index (χ4n) is 1.82. The molecule has 1 aromatic carbocycles. The van der Waals surface area contributed by atoms with Gasteiger partial charge in [0.2, 0.25) is 0 Å². The number of thiazole rings is 1. The lowest BCUT2D eigenvalue weighted by Crippen LogP contribution is -2.17. The standard InChI is InChI=1S/C14H16N2O3S/c1-9(17)19-13(7-15)14-16-11(8-20-14)10-5-3-4-6-12(10)18-2/h3-6,8,13H,7,15H2,1-2H3/t13-/m1/s1. The molecule has 0 spiro atoms. The van der Waals surface area contributed by atoms with Crippen molar-refractivity contribution >= 4 is 17.3 Å². The lowest BCUT2D eigenvalue weighted by Gasteiger charge is -2.11. The number of hydrogen-bond donors (Lipinski definition) is 1. The molecule has 1 atom stereocenters. The molecule has 1 heterocycles. The Bertz CT molecular complexity index is 598. The van der Waals surface area contributed by atoms with Crippen molar-refractivity contribution in [2.24, 2.45) is 5.73 Å². The number of para-hydroxylation sites is 1. The topological polar surface area (TPSA) is 74.4 Å². The molecular formula is C14H16N2O3S. The van der Waals surface area contributed by atoms with Crippen LogP contribution in [0.15, 0.2) is 29.6 Å². The molecule has 0 saturated carbocycles. The van der Waals surface area contributed by atoms with Crippen molar-refractivity contribution in [1.29, 1.82) is 0 Å². The molecule has 0 saturated heterocycles. The molecule has 5 nitrogen and oxygen atoms in total. The third kappa shape index (κ3) is 3.15. The molecule has 2 N–H and O–H groups in total. The number of carbonyl (C=O) groups is 1. The van der Waals surface area contributed by atoms with Gasteiger partial charge in [-0.25, -0.2) is 4.98 Å². The zero-order valence-electron chi connectivity index (χ0n) is 11.3. The summed E-state index contributed by atoms with van der Waals surface area (Å²) in [6, 6.07) is 7.63. The quantitative estimate of drug-likeness (QED) is 0.856. The molecule has 0 bridgehead atoms. The fraction of sp³-hybridized carbons (Fsp3) is 0.286. The molecule has 2 aromatic rings. The monoisotopic (exact) mass is 292 g/mol. The first-order valence-corrected chi connectivity index (χ1v) is 6.99. The molecular weight excluding hydrogens is 276 g/mol. The number of benzene rings is 1. The largest absolute Gasteiger partial charge is 0.496 e. The SMILES string of the molecule is COc1ccccc1-c1csc([C@@H](CN)OC(C)=O)n1. The Labute approximate surface area is 121 Å². The summed E-state index contributed by atoms with van der Waals surface area (Å²) in [5.74, 6) is 0.385. The van der Waals surface area contributed by atoms with E-state index in [4.69, 9.17) is 15.2 Å². The molecule has 0 amide bonds. The zero-order valence-corrected chi connectivity index (χ0v) is 12.1. The second-order valence-corrected chi connectivity index (χ2v) is 4.99. The smallest absolute Gasteiger partial charge is 0.303 e. The lowest BCUT2D eigenvalue weighted by atomic mass is 10.1. The highest BCUT2D eigenvalue weighted by molar-refractivity contribution is 7.10. The molecule has 1 aromatic heterocycles. The maximum absolute atomic E-state index is 11.0. The van der Waals surface area contributed by atoms with Gasteiger partial charge in [0.15, 0.2) is 6.10 Å². The normalized spacial score (nSPS) is 11.9. The summed E-state index contributed by atoms with van der Waals surface area (Å²) >= 11 is 1.41. The summed E-state index contributed by atoms with van der Waals surface area (Å²) in [7, 11) is 1.62. The minimum atomic E-state index is -0.499. The number of esters is 1. The number of ether oxygens (including phenoxy) is 2. The van der Waals surface area contributed by atoms with Gasteiger partial charge in [0.05, 0.1) is 12.8 Å². The molecule has 0 fully saturated rings. The van der Waals surface area contributed by atoms with Gasteiger partial charge in [0.25, 0.3) is 0 Å². The summed E-state index contributed by atoms with van der Waals surface area (Å²) < 4.78 is 10.5. The predicted molar refractivity (Wildman–Crippen MR) is 77.7 cm³/mol. The summed E-state index contributed by atoms with van der Waals surface area (Å²) in [5.41, 5.74) is 7.31. The average molecular weight is 292 g/mol. The first kappa shape index (κ1) is 14.5. The third-order valence-electron chi connectivity index (χ3n) is 2.70. The number of carbonyl (C=O) groups excluding carboxylic acids is 1. The van der Waals surface area contributed by atoms with E-state index in [1.807, 2.05) is 29.6 Å². The van der Waals surface area contributed by atoms with Crippen LogP contribution in [0.4, 0.5) is 0 Å². The number of rotatable bonds is 5. The molecule has 106 valence electrons. The van der Waals surface area contributed by atoms with Gasteiger partial charge in [-0.15, -0.1) is 11.3 Å². The van der Waals surface area contributed by atoms with Gasteiger partial charge >= 0.3 is 5.97 Å². The molecule has 0 aliphatic carbocycles. The van der Waals surface area contributed by atoms with Gasteiger partial charge < -0.3 is 15.2 Å². The first-order chi connectivity index (χ1) is 9.65. The van der Waals surface area contributed by atoms with E-state index in [0.717, 1.165) is 17.0 Å². The number of nitrogens with two attached hydrogens (primary N) is 1. The minimum absolute atomic E-state index is 0.207. The van der Waals surface area contributed by atoms with Crippen molar-refractivity contribution in [2.45, 2.75) is 13.0 Å². The molecule has 0 aliphatic rings. The van der Waals surface area contributed by atoms with Crippen LogP contribution in [0.2, 0.25) is 0 Å². The molecule has 20 heavy (non-hydrogen) atoms. The summed E-state index contributed by atoms with van der Waals surface area (Å²) in [6.45, 7) is 1.57. The van der Waals surface area contributed by atoms with Crippen LogP contribution in [0.5, 0.6) is 5.75 Å². The van der Waals surface area contributed by atoms with Crippen molar-refractivity contribution in [3.05, 3.63) is 34.7 Å². The van der Waals surface area contributed by atoms with Crippen molar-refractivity contribution in [3.63, 3.8) is 0 Å². The van der Waals surface area contributed by atoms with Crippen molar-refractivity contribution in [1.82, 2.24) is 4.98 Å². The number of nitrogens with zero attached hydrogens (tertiary/aromatic N) is 1. The highest BCUT2D eigenvalue weighted by atomic mass is 32.1. The van der Waals surface area contributed by atoms with Gasteiger partial charge in [-0.05, 0) is 12.1 Å². The third-order valence-corrected chi connectivity index (χ3v) is 3.64. The van der Waals surface area contributed by atoms with E-state index in [-0.39, 0.29) is 12.5 Å². The second-order valence-electron chi connectivity index (χ2n) is 4.11. The van der Waals surface area contributed by atoms with Crippen LogP contribution in [0.25, 0.3) is 11.3 Å². The van der Waals surface area contributed by atoms with Gasteiger partial charge in [0, 0.05) is 24.4 Å². The van der Waals surface area contributed by atoms with Gasteiger partial charge in [0.1, 0.15) is 10.8 Å². The number of aromatic nitrogens is 1. The van der Waals surface area contributed by atoms with E-state index in [1.54, 1.807) is 7.11 Å². The van der Waals surface area contributed by atoms with Crippen LogP contribution in [0.1, 0.15) is 18.0 Å². The van der Waals surface area contributed by atoms with E-state index in [0.29, 0.717) is 5.01 Å². The van der Waals surface area contributed by atoms with E-state index >= 15 is 0 Å². The molecule has 6 heteroatoms. The Balaban J connectivity index is 2.30. The summed E-state index contributed by atoms with van der Waals surface area (Å²) in [5, 5.41) is 2.59. The Hall–Kier alpha value is -1.92. The Morgan fingerprint density at radius 1 is 1.45 bits per heavy atom. The fourth-order valence-corrected chi connectivity index (χ4v) is 2.67.